The third-order valence-corrected chi connectivity index (χ3v) is 3.94. The fraction of sp³-hybridized carbons (Fsp3) is 0.667. The molecule has 0 aliphatic carbocycles. The zero-order valence-electron chi connectivity index (χ0n) is 11.0. The number of aromatic nitrogens is 2. The Morgan fingerprint density at radius 2 is 2.21 bits per heavy atom. The van der Waals surface area contributed by atoms with Gasteiger partial charge in [-0.05, 0) is 32.1 Å². The lowest BCUT2D eigenvalue weighted by Crippen LogP contribution is -2.35. The number of aryl methyl sites for hydroxylation is 1. The predicted molar refractivity (Wildman–Crippen MR) is 73.2 cm³/mol. The Morgan fingerprint density at radius 3 is 2.84 bits per heavy atom. The van der Waals surface area contributed by atoms with Gasteiger partial charge in [-0.2, -0.15) is 0 Å². The highest BCUT2D eigenvalue weighted by Crippen LogP contribution is 2.23. The van der Waals surface area contributed by atoms with Crippen molar-refractivity contribution in [3.05, 3.63) is 18.1 Å². The molecule has 1 saturated heterocycles. The fourth-order valence-corrected chi connectivity index (χ4v) is 2.70. The largest absolute Gasteiger partial charge is 0.760 e. The van der Waals surface area contributed by atoms with E-state index in [-0.39, 0.29) is 0 Å². The van der Waals surface area contributed by atoms with Crippen molar-refractivity contribution in [3.63, 3.8) is 0 Å². The highest BCUT2D eigenvalue weighted by Gasteiger charge is 2.19. The smallest absolute Gasteiger partial charge is 0.132 e. The van der Waals surface area contributed by atoms with Crippen LogP contribution in [0, 0.1) is 12.8 Å². The first-order valence-electron chi connectivity index (χ1n) is 6.51. The van der Waals surface area contributed by atoms with Crippen LogP contribution in [0.2, 0.25) is 0 Å². The molecule has 1 atom stereocenters. The molecule has 1 N–H and O–H groups in total. The maximum absolute atomic E-state index is 10.4. The topological polar surface area (TPSA) is 81.2 Å². The van der Waals surface area contributed by atoms with Gasteiger partial charge in [-0.3, -0.25) is 4.21 Å². The van der Waals surface area contributed by atoms with E-state index in [0.717, 1.165) is 43.9 Å². The zero-order chi connectivity index (χ0) is 13.7. The molecule has 1 unspecified atom stereocenters. The van der Waals surface area contributed by atoms with Gasteiger partial charge < -0.3 is 9.45 Å². The molecule has 7 heteroatoms. The van der Waals surface area contributed by atoms with Crippen molar-refractivity contribution < 1.29 is 8.76 Å². The van der Waals surface area contributed by atoms with Crippen LogP contribution >= 0.6 is 0 Å². The molecule has 0 bridgehead atoms. The van der Waals surface area contributed by atoms with Crippen LogP contribution in [0.15, 0.2) is 12.4 Å². The van der Waals surface area contributed by atoms with E-state index < -0.39 is 11.3 Å². The summed E-state index contributed by atoms with van der Waals surface area (Å²) in [5, 5.41) is 0. The van der Waals surface area contributed by atoms with Crippen molar-refractivity contribution in [1.82, 2.24) is 14.7 Å². The van der Waals surface area contributed by atoms with E-state index in [1.165, 1.54) is 0 Å². The second-order valence-corrected chi connectivity index (χ2v) is 5.62. The second kappa shape index (κ2) is 6.93. The Morgan fingerprint density at radius 1 is 1.47 bits per heavy atom. The molecule has 0 aromatic carbocycles. The Hall–Kier alpha value is -1.05. The summed E-state index contributed by atoms with van der Waals surface area (Å²) in [6.45, 7) is 4.45. The summed E-state index contributed by atoms with van der Waals surface area (Å²) < 4.78 is 23.2. The molecule has 1 fully saturated rings. The SMILES string of the molecule is Cc1cc(N2CCC(CCNS(=O)[O-])CC2)ncn1. The minimum Gasteiger partial charge on any atom is -0.760 e. The molecule has 19 heavy (non-hydrogen) atoms. The lowest BCUT2D eigenvalue weighted by atomic mass is 9.94. The Balaban J connectivity index is 1.77. The molecule has 1 aliphatic heterocycles. The molecule has 1 aliphatic rings. The van der Waals surface area contributed by atoms with Gasteiger partial charge >= 0.3 is 0 Å². The van der Waals surface area contributed by atoms with Crippen molar-refractivity contribution >= 4 is 17.1 Å². The molecule has 0 spiro atoms. The highest BCUT2D eigenvalue weighted by molar-refractivity contribution is 7.77. The van der Waals surface area contributed by atoms with E-state index in [2.05, 4.69) is 19.6 Å². The lowest BCUT2D eigenvalue weighted by molar-refractivity contribution is 0.379. The molecule has 6 nitrogen and oxygen atoms in total. The zero-order valence-corrected chi connectivity index (χ0v) is 11.9. The van der Waals surface area contributed by atoms with Crippen LogP contribution in [0.3, 0.4) is 0 Å². The molecule has 2 heterocycles. The van der Waals surface area contributed by atoms with Gasteiger partial charge in [0.15, 0.2) is 0 Å². The maximum atomic E-state index is 10.4. The van der Waals surface area contributed by atoms with Gasteiger partial charge in [-0.1, -0.05) is 0 Å². The Kier molecular flexibility index (Phi) is 5.24. The van der Waals surface area contributed by atoms with Crippen molar-refractivity contribution in [2.24, 2.45) is 5.92 Å². The van der Waals surface area contributed by atoms with Crippen molar-refractivity contribution in [3.8, 4) is 0 Å². The third-order valence-electron chi connectivity index (χ3n) is 3.50. The minimum atomic E-state index is -2.14. The van der Waals surface area contributed by atoms with Gasteiger partial charge in [0.1, 0.15) is 12.1 Å². The maximum Gasteiger partial charge on any atom is 0.132 e. The molecule has 0 amide bonds. The molecule has 0 radical (unpaired) electrons. The van der Waals surface area contributed by atoms with E-state index in [0.29, 0.717) is 12.5 Å². The number of piperidine rings is 1. The fourth-order valence-electron chi connectivity index (χ4n) is 2.41. The van der Waals surface area contributed by atoms with Crippen LogP contribution < -0.4 is 9.62 Å². The van der Waals surface area contributed by atoms with E-state index in [1.54, 1.807) is 6.33 Å². The van der Waals surface area contributed by atoms with Gasteiger partial charge in [-0.15, -0.1) is 0 Å². The minimum absolute atomic E-state index is 0.535. The van der Waals surface area contributed by atoms with Crippen molar-refractivity contribution in [2.45, 2.75) is 26.2 Å². The Labute approximate surface area is 116 Å². The molecule has 1 aromatic heterocycles. The molecular formula is C12H19N4O2S-. The van der Waals surface area contributed by atoms with Crippen LogP contribution in [0.25, 0.3) is 0 Å². The lowest BCUT2D eigenvalue weighted by Gasteiger charge is -2.32. The van der Waals surface area contributed by atoms with Crippen molar-refractivity contribution in [2.75, 3.05) is 24.5 Å². The number of anilines is 1. The summed E-state index contributed by atoms with van der Waals surface area (Å²) in [5.41, 5.74) is 0.981. The summed E-state index contributed by atoms with van der Waals surface area (Å²) >= 11 is -2.14. The number of hydrogen-bond acceptors (Lipinski definition) is 5. The first kappa shape index (κ1) is 14.4. The van der Waals surface area contributed by atoms with Crippen LogP contribution in [-0.4, -0.2) is 38.4 Å². The molecule has 0 saturated carbocycles. The summed E-state index contributed by atoms with van der Waals surface area (Å²) in [4.78, 5) is 10.7. The van der Waals surface area contributed by atoms with Crippen molar-refractivity contribution in [1.29, 1.82) is 0 Å². The summed E-state index contributed by atoms with van der Waals surface area (Å²) in [6, 6.07) is 2.00. The molecule has 106 valence electrons. The summed E-state index contributed by atoms with van der Waals surface area (Å²) in [6.07, 6.45) is 4.67. The quantitative estimate of drug-likeness (QED) is 0.807. The van der Waals surface area contributed by atoms with Crippen LogP contribution in [0.1, 0.15) is 25.0 Å². The van der Waals surface area contributed by atoms with E-state index in [1.807, 2.05) is 13.0 Å². The highest BCUT2D eigenvalue weighted by atomic mass is 32.2. The number of rotatable bonds is 5. The number of nitrogens with one attached hydrogen (secondary N) is 1. The summed E-state index contributed by atoms with van der Waals surface area (Å²) in [7, 11) is 0. The van der Waals surface area contributed by atoms with E-state index in [4.69, 9.17) is 0 Å². The van der Waals surface area contributed by atoms with E-state index in [9.17, 15) is 8.76 Å². The van der Waals surface area contributed by atoms with Gasteiger partial charge in [0.05, 0.1) is 0 Å². The normalized spacial score (nSPS) is 18.5. The molecule has 1 aromatic rings. The van der Waals surface area contributed by atoms with Gasteiger partial charge in [-0.25, -0.2) is 14.7 Å². The molecular weight excluding hydrogens is 264 g/mol. The average Bonchev–Trinajstić information content (AvgIpc) is 2.39. The van der Waals surface area contributed by atoms with Gasteiger partial charge in [0, 0.05) is 42.7 Å². The van der Waals surface area contributed by atoms with Crippen LogP contribution in [-0.2, 0) is 11.3 Å². The Bertz CT molecular complexity index is 435. The summed E-state index contributed by atoms with van der Waals surface area (Å²) in [5.74, 6) is 1.58. The van der Waals surface area contributed by atoms with Crippen LogP contribution in [0.4, 0.5) is 5.82 Å². The van der Waals surface area contributed by atoms with Gasteiger partial charge in [0.25, 0.3) is 0 Å². The predicted octanol–water partition coefficient (Wildman–Crippen LogP) is 0.775. The number of nitrogens with zero attached hydrogens (tertiary/aromatic N) is 3. The van der Waals surface area contributed by atoms with Gasteiger partial charge in [0.2, 0.25) is 0 Å². The standard InChI is InChI=1S/C12H20N4O2S/c1-10-8-12(14-9-13-10)16-6-3-11(4-7-16)2-5-15-19(17)18/h8-9,11,15H,2-7H2,1H3,(H,17,18)/p-1. The van der Waals surface area contributed by atoms with Crippen LogP contribution in [0.5, 0.6) is 0 Å². The molecule has 2 rings (SSSR count). The first-order valence-corrected chi connectivity index (χ1v) is 7.59. The average molecular weight is 283 g/mol. The van der Waals surface area contributed by atoms with E-state index >= 15 is 0 Å². The first-order chi connectivity index (χ1) is 9.15. The third kappa shape index (κ3) is 4.52. The monoisotopic (exact) mass is 283 g/mol. The second-order valence-electron chi connectivity index (χ2n) is 4.87. The number of hydrogen-bond donors (Lipinski definition) is 1.